The van der Waals surface area contributed by atoms with E-state index in [1.165, 1.54) is 0 Å². The van der Waals surface area contributed by atoms with Crippen molar-refractivity contribution >= 4 is 11.6 Å². The van der Waals surface area contributed by atoms with Gasteiger partial charge in [0.1, 0.15) is 5.75 Å². The number of methoxy groups -OCH3 is 1. The molecule has 1 aliphatic rings. The van der Waals surface area contributed by atoms with Crippen LogP contribution in [0.1, 0.15) is 16.2 Å². The van der Waals surface area contributed by atoms with Gasteiger partial charge in [-0.2, -0.15) is 0 Å². The lowest BCUT2D eigenvalue weighted by molar-refractivity contribution is 0.0705. The topological polar surface area (TPSA) is 58.8 Å². The molecule has 6 heteroatoms. The SMILES string of the molecule is COc1ccc(N2CCN(C(=O)c3cc(C)no3)CC2)cc1. The van der Waals surface area contributed by atoms with Crippen molar-refractivity contribution in [3.8, 4) is 5.75 Å². The molecule has 116 valence electrons. The van der Waals surface area contributed by atoms with Crippen LogP contribution in [-0.4, -0.2) is 49.3 Å². The van der Waals surface area contributed by atoms with E-state index in [1.807, 2.05) is 31.2 Å². The van der Waals surface area contributed by atoms with Crippen LogP contribution in [0.25, 0.3) is 0 Å². The molecule has 1 amide bonds. The molecule has 0 N–H and O–H groups in total. The maximum atomic E-state index is 12.3. The maximum absolute atomic E-state index is 12.3. The van der Waals surface area contributed by atoms with Gasteiger partial charge in [0.15, 0.2) is 0 Å². The summed E-state index contributed by atoms with van der Waals surface area (Å²) in [7, 11) is 1.66. The second-order valence-electron chi connectivity index (χ2n) is 5.31. The third kappa shape index (κ3) is 2.90. The highest BCUT2D eigenvalue weighted by molar-refractivity contribution is 5.91. The van der Waals surface area contributed by atoms with E-state index in [0.29, 0.717) is 18.8 Å². The molecule has 1 aliphatic heterocycles. The first-order valence-electron chi connectivity index (χ1n) is 7.29. The van der Waals surface area contributed by atoms with Crippen molar-refractivity contribution in [2.24, 2.45) is 0 Å². The van der Waals surface area contributed by atoms with Gasteiger partial charge in [-0.25, -0.2) is 0 Å². The number of ether oxygens (including phenoxy) is 1. The first-order valence-corrected chi connectivity index (χ1v) is 7.29. The minimum atomic E-state index is -0.0880. The van der Waals surface area contributed by atoms with Gasteiger partial charge in [0, 0.05) is 37.9 Å². The van der Waals surface area contributed by atoms with E-state index in [4.69, 9.17) is 9.26 Å². The molecule has 2 heterocycles. The van der Waals surface area contributed by atoms with Crippen LogP contribution in [0.2, 0.25) is 0 Å². The molecule has 1 aromatic heterocycles. The van der Waals surface area contributed by atoms with Crippen molar-refractivity contribution in [3.63, 3.8) is 0 Å². The molecule has 22 heavy (non-hydrogen) atoms. The van der Waals surface area contributed by atoms with Crippen LogP contribution in [0.4, 0.5) is 5.69 Å². The van der Waals surface area contributed by atoms with Gasteiger partial charge in [-0.1, -0.05) is 5.16 Å². The van der Waals surface area contributed by atoms with E-state index in [2.05, 4.69) is 10.1 Å². The van der Waals surface area contributed by atoms with Crippen LogP contribution < -0.4 is 9.64 Å². The Balaban J connectivity index is 1.61. The number of rotatable bonds is 3. The molecule has 1 saturated heterocycles. The molecule has 0 unspecified atom stereocenters. The Hall–Kier alpha value is -2.50. The summed E-state index contributed by atoms with van der Waals surface area (Å²) in [5.74, 6) is 1.07. The summed E-state index contributed by atoms with van der Waals surface area (Å²) >= 11 is 0. The summed E-state index contributed by atoms with van der Waals surface area (Å²) in [5.41, 5.74) is 1.86. The number of anilines is 1. The molecule has 0 radical (unpaired) electrons. The summed E-state index contributed by atoms with van der Waals surface area (Å²) in [5, 5.41) is 3.77. The molecule has 0 atom stereocenters. The number of amides is 1. The van der Waals surface area contributed by atoms with Gasteiger partial charge in [0.05, 0.1) is 12.8 Å². The van der Waals surface area contributed by atoms with Gasteiger partial charge in [-0.15, -0.1) is 0 Å². The summed E-state index contributed by atoms with van der Waals surface area (Å²) in [6.07, 6.45) is 0. The molecule has 6 nitrogen and oxygen atoms in total. The van der Waals surface area contributed by atoms with Crippen LogP contribution in [-0.2, 0) is 0 Å². The minimum Gasteiger partial charge on any atom is -0.497 e. The standard InChI is InChI=1S/C16H19N3O3/c1-12-11-15(22-17-12)16(20)19-9-7-18(8-10-19)13-3-5-14(21-2)6-4-13/h3-6,11H,7-10H2,1-2H3. The van der Waals surface area contributed by atoms with Crippen LogP contribution >= 0.6 is 0 Å². The van der Waals surface area contributed by atoms with E-state index >= 15 is 0 Å². The van der Waals surface area contributed by atoms with Crippen molar-refractivity contribution < 1.29 is 14.1 Å². The van der Waals surface area contributed by atoms with Crippen LogP contribution in [0, 0.1) is 6.92 Å². The molecule has 3 rings (SSSR count). The fraction of sp³-hybridized carbons (Fsp3) is 0.375. The predicted molar refractivity (Wildman–Crippen MR) is 82.4 cm³/mol. The minimum absolute atomic E-state index is 0.0880. The number of hydrogen-bond acceptors (Lipinski definition) is 5. The summed E-state index contributed by atoms with van der Waals surface area (Å²) < 4.78 is 10.2. The zero-order chi connectivity index (χ0) is 15.5. The molecule has 0 bridgehead atoms. The van der Waals surface area contributed by atoms with E-state index in [9.17, 15) is 4.79 Å². The van der Waals surface area contributed by atoms with Gasteiger partial charge in [0.25, 0.3) is 5.91 Å². The first-order chi connectivity index (χ1) is 10.7. The Morgan fingerprint density at radius 2 is 1.86 bits per heavy atom. The number of aromatic nitrogens is 1. The molecule has 0 spiro atoms. The molecule has 0 saturated carbocycles. The number of hydrogen-bond donors (Lipinski definition) is 0. The Kier molecular flexibility index (Phi) is 4.00. The molecule has 1 aromatic carbocycles. The predicted octanol–water partition coefficient (Wildman–Crippen LogP) is 1.95. The first kappa shape index (κ1) is 14.4. The van der Waals surface area contributed by atoms with Crippen molar-refractivity contribution in [1.82, 2.24) is 10.1 Å². The number of benzene rings is 1. The van der Waals surface area contributed by atoms with Gasteiger partial charge in [-0.3, -0.25) is 4.79 Å². The van der Waals surface area contributed by atoms with Crippen molar-refractivity contribution in [3.05, 3.63) is 41.8 Å². The highest BCUT2D eigenvalue weighted by atomic mass is 16.5. The monoisotopic (exact) mass is 301 g/mol. The number of carbonyl (C=O) groups excluding carboxylic acids is 1. The number of aryl methyl sites for hydroxylation is 1. The van der Waals surface area contributed by atoms with E-state index in [0.717, 1.165) is 30.2 Å². The van der Waals surface area contributed by atoms with Gasteiger partial charge in [-0.05, 0) is 31.2 Å². The van der Waals surface area contributed by atoms with Crippen LogP contribution in [0.15, 0.2) is 34.9 Å². The third-order valence-electron chi connectivity index (χ3n) is 3.84. The average Bonchev–Trinajstić information content (AvgIpc) is 3.01. The lowest BCUT2D eigenvalue weighted by Crippen LogP contribution is -2.48. The van der Waals surface area contributed by atoms with E-state index < -0.39 is 0 Å². The molecule has 0 aliphatic carbocycles. The van der Waals surface area contributed by atoms with Crippen molar-refractivity contribution in [1.29, 1.82) is 0 Å². The normalized spacial score (nSPS) is 15.0. The van der Waals surface area contributed by atoms with Gasteiger partial charge < -0.3 is 19.1 Å². The van der Waals surface area contributed by atoms with E-state index in [1.54, 1.807) is 18.1 Å². The highest BCUT2D eigenvalue weighted by Gasteiger charge is 2.24. The third-order valence-corrected chi connectivity index (χ3v) is 3.84. The largest absolute Gasteiger partial charge is 0.497 e. The van der Waals surface area contributed by atoms with Crippen LogP contribution in [0.5, 0.6) is 5.75 Å². The van der Waals surface area contributed by atoms with Crippen molar-refractivity contribution in [2.45, 2.75) is 6.92 Å². The van der Waals surface area contributed by atoms with E-state index in [-0.39, 0.29) is 5.91 Å². The fourth-order valence-electron chi connectivity index (χ4n) is 2.58. The molecule has 2 aromatic rings. The lowest BCUT2D eigenvalue weighted by atomic mass is 10.2. The second kappa shape index (κ2) is 6.09. The Bertz CT molecular complexity index is 643. The smallest absolute Gasteiger partial charge is 0.292 e. The summed E-state index contributed by atoms with van der Waals surface area (Å²) in [6.45, 7) is 4.74. The number of nitrogens with zero attached hydrogens (tertiary/aromatic N) is 3. The number of carbonyl (C=O) groups is 1. The summed E-state index contributed by atoms with van der Waals surface area (Å²) in [4.78, 5) is 16.4. The van der Waals surface area contributed by atoms with Gasteiger partial charge >= 0.3 is 0 Å². The fourth-order valence-corrected chi connectivity index (χ4v) is 2.58. The Morgan fingerprint density at radius 1 is 1.18 bits per heavy atom. The average molecular weight is 301 g/mol. The lowest BCUT2D eigenvalue weighted by Gasteiger charge is -2.35. The molecular formula is C16H19N3O3. The Labute approximate surface area is 129 Å². The second-order valence-corrected chi connectivity index (χ2v) is 5.31. The Morgan fingerprint density at radius 3 is 2.41 bits per heavy atom. The number of piperazine rings is 1. The summed E-state index contributed by atoms with van der Waals surface area (Å²) in [6, 6.07) is 9.65. The maximum Gasteiger partial charge on any atom is 0.292 e. The zero-order valence-corrected chi connectivity index (χ0v) is 12.8. The van der Waals surface area contributed by atoms with Gasteiger partial charge in [0.2, 0.25) is 5.76 Å². The zero-order valence-electron chi connectivity index (χ0n) is 12.8. The van der Waals surface area contributed by atoms with Crippen LogP contribution in [0.3, 0.4) is 0 Å². The quantitative estimate of drug-likeness (QED) is 0.867. The molecule has 1 fully saturated rings. The van der Waals surface area contributed by atoms with Crippen molar-refractivity contribution in [2.75, 3.05) is 38.2 Å². The highest BCUT2D eigenvalue weighted by Crippen LogP contribution is 2.21. The molecular weight excluding hydrogens is 282 g/mol.